The number of benzene rings is 2. The van der Waals surface area contributed by atoms with E-state index in [2.05, 4.69) is 10.3 Å². The summed E-state index contributed by atoms with van der Waals surface area (Å²) in [5.74, 6) is -1.86. The average molecular weight is 470 g/mol. The minimum atomic E-state index is -4.49. The van der Waals surface area contributed by atoms with E-state index in [0.717, 1.165) is 37.5 Å². The summed E-state index contributed by atoms with van der Waals surface area (Å²) in [7, 11) is 1.67. The number of anilines is 3. The van der Waals surface area contributed by atoms with Crippen LogP contribution >= 0.6 is 11.3 Å². The van der Waals surface area contributed by atoms with E-state index in [1.54, 1.807) is 23.4 Å². The van der Waals surface area contributed by atoms with Crippen LogP contribution in [0.15, 0.2) is 41.8 Å². The first-order valence-corrected chi connectivity index (χ1v) is 11.1. The Kier molecular flexibility index (Phi) is 7.71. The molecule has 0 amide bonds. The molecule has 0 atom stereocenters. The number of hydrogen-bond acceptors (Lipinski definition) is 4. The van der Waals surface area contributed by atoms with Crippen molar-refractivity contribution >= 4 is 27.8 Å². The molecule has 0 aliphatic heterocycles. The van der Waals surface area contributed by atoms with Gasteiger partial charge in [0.15, 0.2) is 16.8 Å². The zero-order valence-electron chi connectivity index (χ0n) is 17.8. The van der Waals surface area contributed by atoms with E-state index in [-0.39, 0.29) is 17.8 Å². The quantitative estimate of drug-likeness (QED) is 0.261. The molecule has 1 N–H and O–H groups in total. The first-order valence-electron chi connectivity index (χ1n) is 10.2. The third-order valence-electron chi connectivity index (χ3n) is 4.98. The highest BCUT2D eigenvalue weighted by molar-refractivity contribution is 7.13. The molecule has 9 heteroatoms. The lowest BCUT2D eigenvalue weighted by Gasteiger charge is -2.24. The van der Waals surface area contributed by atoms with Crippen LogP contribution in [0.5, 0.6) is 0 Å². The summed E-state index contributed by atoms with van der Waals surface area (Å²) >= 11 is 1.23. The molecule has 172 valence electrons. The predicted octanol–water partition coefficient (Wildman–Crippen LogP) is 7.40. The lowest BCUT2D eigenvalue weighted by atomic mass is 10.1. The van der Waals surface area contributed by atoms with Crippen LogP contribution in [0.25, 0.3) is 0 Å². The van der Waals surface area contributed by atoms with Crippen LogP contribution in [-0.2, 0) is 12.6 Å². The molecule has 1 aromatic heterocycles. The predicted molar refractivity (Wildman–Crippen MR) is 119 cm³/mol. The molecule has 3 rings (SSSR count). The molecular weight excluding hydrogens is 445 g/mol. The average Bonchev–Trinajstić information content (AvgIpc) is 3.17. The van der Waals surface area contributed by atoms with Crippen LogP contribution < -0.4 is 10.2 Å². The summed E-state index contributed by atoms with van der Waals surface area (Å²) in [6.45, 7) is 2.59. The molecule has 0 spiro atoms. The van der Waals surface area contributed by atoms with Crippen LogP contribution in [0.4, 0.5) is 38.5 Å². The third-order valence-corrected chi connectivity index (χ3v) is 5.79. The molecule has 3 aromatic rings. The highest BCUT2D eigenvalue weighted by Crippen LogP contribution is 2.38. The molecule has 32 heavy (non-hydrogen) atoms. The molecular formula is C23H24F5N3S. The van der Waals surface area contributed by atoms with Gasteiger partial charge in [0.2, 0.25) is 0 Å². The highest BCUT2D eigenvalue weighted by Gasteiger charge is 2.34. The third kappa shape index (κ3) is 6.18. The molecule has 1 heterocycles. The second-order valence-electron chi connectivity index (χ2n) is 7.55. The fourth-order valence-corrected chi connectivity index (χ4v) is 4.05. The second-order valence-corrected chi connectivity index (χ2v) is 8.41. The van der Waals surface area contributed by atoms with E-state index in [4.69, 9.17) is 0 Å². The molecule has 0 bridgehead atoms. The van der Waals surface area contributed by atoms with Crippen molar-refractivity contribution < 1.29 is 22.0 Å². The number of rotatable bonds is 9. The number of alkyl halides is 3. The van der Waals surface area contributed by atoms with Gasteiger partial charge in [-0.2, -0.15) is 13.2 Å². The Morgan fingerprint density at radius 3 is 2.50 bits per heavy atom. The summed E-state index contributed by atoms with van der Waals surface area (Å²) in [6.07, 6.45) is -1.43. The first-order chi connectivity index (χ1) is 15.2. The molecule has 0 saturated heterocycles. The molecule has 0 fully saturated rings. The van der Waals surface area contributed by atoms with Gasteiger partial charge >= 0.3 is 6.18 Å². The maximum atomic E-state index is 13.7. The van der Waals surface area contributed by atoms with E-state index in [1.807, 2.05) is 6.92 Å². The Morgan fingerprint density at radius 1 is 1.03 bits per heavy atom. The van der Waals surface area contributed by atoms with Gasteiger partial charge in [-0.05, 0) is 42.3 Å². The number of aromatic nitrogens is 1. The normalized spacial score (nSPS) is 11.6. The van der Waals surface area contributed by atoms with Crippen LogP contribution in [0, 0.1) is 11.6 Å². The van der Waals surface area contributed by atoms with Gasteiger partial charge in [-0.25, -0.2) is 13.8 Å². The van der Waals surface area contributed by atoms with Gasteiger partial charge < -0.3 is 10.2 Å². The summed E-state index contributed by atoms with van der Waals surface area (Å²) in [5.41, 5.74) is 0.858. The van der Waals surface area contributed by atoms with E-state index in [0.29, 0.717) is 22.9 Å². The molecule has 3 nitrogen and oxygen atoms in total. The van der Waals surface area contributed by atoms with Crippen LogP contribution in [0.3, 0.4) is 0 Å². The van der Waals surface area contributed by atoms with E-state index in [1.165, 1.54) is 23.5 Å². The summed E-state index contributed by atoms with van der Waals surface area (Å²) in [5, 5.41) is 5.06. The van der Waals surface area contributed by atoms with Crippen molar-refractivity contribution in [2.24, 2.45) is 0 Å². The van der Waals surface area contributed by atoms with E-state index in [9.17, 15) is 22.0 Å². The number of thiazole rings is 1. The second kappa shape index (κ2) is 10.3. The highest BCUT2D eigenvalue weighted by atomic mass is 32.1. The van der Waals surface area contributed by atoms with Crippen molar-refractivity contribution in [2.45, 2.75) is 38.8 Å². The number of hydrogen-bond donors (Lipinski definition) is 1. The van der Waals surface area contributed by atoms with Crippen molar-refractivity contribution in [1.82, 2.24) is 4.98 Å². The van der Waals surface area contributed by atoms with Crippen molar-refractivity contribution in [3.8, 4) is 0 Å². The smallest absolute Gasteiger partial charge is 0.374 e. The lowest BCUT2D eigenvalue weighted by Crippen LogP contribution is -2.22. The maximum Gasteiger partial charge on any atom is 0.418 e. The Balaban J connectivity index is 1.75. The fraction of sp³-hybridized carbons (Fsp3) is 0.348. The van der Waals surface area contributed by atoms with Gasteiger partial charge in [0.25, 0.3) is 0 Å². The summed E-state index contributed by atoms with van der Waals surface area (Å²) in [4.78, 5) is 5.98. The van der Waals surface area contributed by atoms with Gasteiger partial charge in [0.1, 0.15) is 0 Å². The minimum absolute atomic E-state index is 0.136. The molecule has 0 aliphatic rings. The van der Waals surface area contributed by atoms with Gasteiger partial charge in [0.05, 0.1) is 11.3 Å². The van der Waals surface area contributed by atoms with Crippen molar-refractivity contribution in [3.05, 3.63) is 70.2 Å². The van der Waals surface area contributed by atoms with E-state index >= 15 is 0 Å². The molecule has 2 aromatic carbocycles. The Morgan fingerprint density at radius 2 is 1.81 bits per heavy atom. The zero-order chi connectivity index (χ0) is 23.3. The van der Waals surface area contributed by atoms with Gasteiger partial charge in [-0.3, -0.25) is 0 Å². The van der Waals surface area contributed by atoms with Crippen LogP contribution in [0.1, 0.15) is 43.0 Å². The molecule has 0 saturated carbocycles. The fourth-order valence-electron chi connectivity index (χ4n) is 3.32. The summed E-state index contributed by atoms with van der Waals surface area (Å²) in [6, 6.07) is 7.77. The van der Waals surface area contributed by atoms with Gasteiger partial charge in [-0.15, -0.1) is 11.3 Å². The maximum absolute atomic E-state index is 13.7. The topological polar surface area (TPSA) is 28.2 Å². The Hall–Kier alpha value is -2.68. The van der Waals surface area contributed by atoms with Crippen molar-refractivity contribution in [1.29, 1.82) is 0 Å². The Labute approximate surface area is 187 Å². The van der Waals surface area contributed by atoms with Crippen molar-refractivity contribution in [2.75, 3.05) is 23.8 Å². The minimum Gasteiger partial charge on any atom is -0.374 e. The van der Waals surface area contributed by atoms with Crippen LogP contribution in [-0.4, -0.2) is 18.6 Å². The van der Waals surface area contributed by atoms with Gasteiger partial charge in [0, 0.05) is 36.8 Å². The van der Waals surface area contributed by atoms with Crippen molar-refractivity contribution in [3.63, 3.8) is 0 Å². The standard InChI is InChI=1S/C23H24F5N3S/c1-3-4-5-10-31(2)21-9-7-16(13-18(21)23(26,27)28)29-22-30-17(14-32-22)11-15-6-8-19(24)20(25)12-15/h6-9,12-14H,3-5,10-11H2,1-2H3,(H,29,30). The van der Waals surface area contributed by atoms with Crippen LogP contribution in [0.2, 0.25) is 0 Å². The molecule has 0 radical (unpaired) electrons. The number of nitrogens with zero attached hydrogens (tertiary/aromatic N) is 2. The first kappa shape index (κ1) is 24.0. The molecule has 0 aliphatic carbocycles. The Bertz CT molecular complexity index is 1050. The zero-order valence-corrected chi connectivity index (χ0v) is 18.6. The summed E-state index contributed by atoms with van der Waals surface area (Å²) < 4.78 is 67.6. The SMILES string of the molecule is CCCCCN(C)c1ccc(Nc2nc(Cc3ccc(F)c(F)c3)cs2)cc1C(F)(F)F. The molecule has 0 unspecified atom stereocenters. The van der Waals surface area contributed by atoms with Gasteiger partial charge in [-0.1, -0.05) is 25.8 Å². The van der Waals surface area contributed by atoms with E-state index < -0.39 is 23.4 Å². The number of unbranched alkanes of at least 4 members (excludes halogenated alkanes) is 2. The largest absolute Gasteiger partial charge is 0.418 e. The number of halogens is 5. The number of nitrogens with one attached hydrogen (secondary N) is 1. The monoisotopic (exact) mass is 469 g/mol. The lowest BCUT2D eigenvalue weighted by molar-refractivity contribution is -0.137.